The van der Waals surface area contributed by atoms with Gasteiger partial charge in [-0.25, -0.2) is 4.99 Å². The number of thiocarbonyl (C=S) groups is 1. The van der Waals surface area contributed by atoms with Crippen LogP contribution in [0.5, 0.6) is 11.5 Å². The van der Waals surface area contributed by atoms with E-state index in [9.17, 15) is 0 Å². The number of benzene rings is 2. The summed E-state index contributed by atoms with van der Waals surface area (Å²) in [6.07, 6.45) is 0.702. The zero-order valence-electron chi connectivity index (χ0n) is 13.5. The second-order valence-corrected chi connectivity index (χ2v) is 6.65. The molecule has 2 aliphatic rings. The summed E-state index contributed by atoms with van der Waals surface area (Å²) < 4.78 is 11.4. The monoisotopic (exact) mass is 370 g/mol. The molecule has 2 aliphatic heterocycles. The van der Waals surface area contributed by atoms with Crippen molar-refractivity contribution in [2.45, 2.75) is 13.3 Å². The van der Waals surface area contributed by atoms with E-state index in [-0.39, 0.29) is 5.92 Å². The summed E-state index contributed by atoms with van der Waals surface area (Å²) in [5.41, 5.74) is 1.90. The van der Waals surface area contributed by atoms with E-state index in [4.69, 9.17) is 33.3 Å². The first-order chi connectivity index (χ1) is 12.1. The average molecular weight is 371 g/mol. The van der Waals surface area contributed by atoms with Crippen molar-refractivity contribution in [2.75, 3.05) is 6.61 Å². The van der Waals surface area contributed by atoms with Crippen molar-refractivity contribution in [3.8, 4) is 11.5 Å². The van der Waals surface area contributed by atoms with E-state index in [1.54, 1.807) is 0 Å². The van der Waals surface area contributed by atoms with Gasteiger partial charge in [0, 0.05) is 10.6 Å². The SMILES string of the molecule is CCOc1ccc(C2=NC(=S)C3Cc4cc(Cl)ccc4OC3=N2)cc1. The highest BCUT2D eigenvalue weighted by Gasteiger charge is 2.33. The third kappa shape index (κ3) is 3.17. The Kier molecular flexibility index (Phi) is 4.27. The first-order valence-corrected chi connectivity index (χ1v) is 8.83. The second-order valence-electron chi connectivity index (χ2n) is 5.79. The molecule has 0 aromatic heterocycles. The second kappa shape index (κ2) is 6.58. The molecule has 4 rings (SSSR count). The minimum Gasteiger partial charge on any atom is -0.494 e. The summed E-state index contributed by atoms with van der Waals surface area (Å²) in [7, 11) is 0. The molecule has 1 unspecified atom stereocenters. The van der Waals surface area contributed by atoms with E-state index in [1.807, 2.05) is 49.4 Å². The molecule has 0 aliphatic carbocycles. The number of rotatable bonds is 3. The van der Waals surface area contributed by atoms with Gasteiger partial charge in [0.05, 0.1) is 12.5 Å². The van der Waals surface area contributed by atoms with Crippen LogP contribution in [0.3, 0.4) is 0 Å². The number of aliphatic imine (C=N–C) groups is 2. The standard InChI is InChI=1S/C19H15ClN2O2S/c1-2-23-14-6-3-11(4-7-14)17-21-18-15(19(25)22-17)10-12-9-13(20)5-8-16(12)24-18/h3-9,15H,2,10H2,1H3. The van der Waals surface area contributed by atoms with Crippen molar-refractivity contribution >= 4 is 40.5 Å². The third-order valence-corrected chi connectivity index (χ3v) is 4.72. The van der Waals surface area contributed by atoms with Gasteiger partial charge in [-0.05, 0) is 61.4 Å². The molecule has 2 heterocycles. The lowest BCUT2D eigenvalue weighted by Crippen LogP contribution is -2.36. The van der Waals surface area contributed by atoms with Gasteiger partial charge in [0.2, 0.25) is 5.90 Å². The number of hydrogen-bond donors (Lipinski definition) is 0. The van der Waals surface area contributed by atoms with Gasteiger partial charge in [-0.1, -0.05) is 23.8 Å². The van der Waals surface area contributed by atoms with Crippen LogP contribution in [0.15, 0.2) is 52.4 Å². The number of hydrogen-bond acceptors (Lipinski definition) is 4. The number of amidine groups is 1. The van der Waals surface area contributed by atoms with Crippen molar-refractivity contribution in [3.05, 3.63) is 58.6 Å². The molecule has 0 radical (unpaired) electrons. The predicted molar refractivity (Wildman–Crippen MR) is 103 cm³/mol. The zero-order chi connectivity index (χ0) is 17.4. The average Bonchev–Trinajstić information content (AvgIpc) is 2.61. The number of nitrogens with zero attached hydrogens (tertiary/aromatic N) is 2. The van der Waals surface area contributed by atoms with Crippen LogP contribution < -0.4 is 9.47 Å². The highest BCUT2D eigenvalue weighted by atomic mass is 35.5. The fourth-order valence-electron chi connectivity index (χ4n) is 2.90. The van der Waals surface area contributed by atoms with Gasteiger partial charge in [-0.3, -0.25) is 0 Å². The van der Waals surface area contributed by atoms with E-state index in [2.05, 4.69) is 9.98 Å². The van der Waals surface area contributed by atoms with E-state index in [1.165, 1.54) is 0 Å². The summed E-state index contributed by atoms with van der Waals surface area (Å²) in [6.45, 7) is 2.58. The molecule has 0 saturated heterocycles. The Morgan fingerprint density at radius 1 is 1.20 bits per heavy atom. The van der Waals surface area contributed by atoms with Crippen LogP contribution in [0.4, 0.5) is 0 Å². The van der Waals surface area contributed by atoms with Crippen LogP contribution in [0.2, 0.25) is 5.02 Å². The maximum atomic E-state index is 6.07. The molecule has 25 heavy (non-hydrogen) atoms. The van der Waals surface area contributed by atoms with Crippen LogP contribution in [0.1, 0.15) is 18.1 Å². The van der Waals surface area contributed by atoms with Gasteiger partial charge in [-0.2, -0.15) is 4.99 Å². The quantitative estimate of drug-likeness (QED) is 0.748. The Hall–Kier alpha value is -2.24. The van der Waals surface area contributed by atoms with Crippen LogP contribution in [-0.4, -0.2) is 23.3 Å². The van der Waals surface area contributed by atoms with E-state index < -0.39 is 0 Å². The van der Waals surface area contributed by atoms with Gasteiger partial charge in [0.1, 0.15) is 16.5 Å². The normalized spacial score (nSPS) is 18.5. The lowest BCUT2D eigenvalue weighted by atomic mass is 9.94. The number of fused-ring (bicyclic) bond motifs is 2. The maximum Gasteiger partial charge on any atom is 0.207 e. The summed E-state index contributed by atoms with van der Waals surface area (Å²) in [6, 6.07) is 13.2. The minimum atomic E-state index is -0.118. The largest absolute Gasteiger partial charge is 0.494 e. The highest BCUT2D eigenvalue weighted by Crippen LogP contribution is 2.33. The van der Waals surface area contributed by atoms with E-state index in [0.717, 1.165) is 22.6 Å². The Morgan fingerprint density at radius 3 is 2.76 bits per heavy atom. The van der Waals surface area contributed by atoms with Crippen LogP contribution in [0.25, 0.3) is 0 Å². The Morgan fingerprint density at radius 2 is 2.00 bits per heavy atom. The molecule has 6 heteroatoms. The zero-order valence-corrected chi connectivity index (χ0v) is 15.1. The van der Waals surface area contributed by atoms with Crippen molar-refractivity contribution < 1.29 is 9.47 Å². The fraction of sp³-hybridized carbons (Fsp3) is 0.211. The first-order valence-electron chi connectivity index (χ1n) is 8.04. The topological polar surface area (TPSA) is 43.2 Å². The summed E-state index contributed by atoms with van der Waals surface area (Å²) >= 11 is 11.6. The third-order valence-electron chi connectivity index (χ3n) is 4.11. The molecule has 2 aromatic rings. The Labute approximate surface area is 156 Å². The molecule has 2 aromatic carbocycles. The van der Waals surface area contributed by atoms with Crippen molar-refractivity contribution in [3.63, 3.8) is 0 Å². The fourth-order valence-corrected chi connectivity index (χ4v) is 3.36. The lowest BCUT2D eigenvalue weighted by molar-refractivity contribution is 0.340. The van der Waals surface area contributed by atoms with Crippen LogP contribution >= 0.6 is 23.8 Å². The Balaban J connectivity index is 1.65. The molecular weight excluding hydrogens is 356 g/mol. The first kappa shape index (κ1) is 16.2. The number of ether oxygens (including phenoxy) is 2. The van der Waals surface area contributed by atoms with Crippen LogP contribution in [-0.2, 0) is 6.42 Å². The smallest absolute Gasteiger partial charge is 0.207 e. The van der Waals surface area contributed by atoms with Gasteiger partial charge in [0.25, 0.3) is 0 Å². The van der Waals surface area contributed by atoms with Crippen molar-refractivity contribution in [1.82, 2.24) is 0 Å². The van der Waals surface area contributed by atoms with Crippen molar-refractivity contribution in [2.24, 2.45) is 15.9 Å². The Bertz CT molecular complexity index is 906. The number of halogens is 1. The van der Waals surface area contributed by atoms with Crippen molar-refractivity contribution in [1.29, 1.82) is 0 Å². The van der Waals surface area contributed by atoms with E-state index in [0.29, 0.717) is 34.8 Å². The minimum absolute atomic E-state index is 0.118. The maximum absolute atomic E-state index is 6.07. The molecule has 4 nitrogen and oxygen atoms in total. The van der Waals surface area contributed by atoms with Gasteiger partial charge in [-0.15, -0.1) is 0 Å². The molecule has 0 saturated carbocycles. The van der Waals surface area contributed by atoms with Gasteiger partial charge < -0.3 is 9.47 Å². The van der Waals surface area contributed by atoms with Gasteiger partial charge in [0.15, 0.2) is 5.84 Å². The molecule has 0 fully saturated rings. The molecule has 0 N–H and O–H groups in total. The summed E-state index contributed by atoms with van der Waals surface area (Å²) in [5.74, 6) is 2.63. The van der Waals surface area contributed by atoms with E-state index >= 15 is 0 Å². The highest BCUT2D eigenvalue weighted by molar-refractivity contribution is 7.80. The molecule has 0 spiro atoms. The molecule has 1 atom stereocenters. The molecule has 0 bridgehead atoms. The molecular formula is C19H15ClN2O2S. The molecule has 126 valence electrons. The summed E-state index contributed by atoms with van der Waals surface area (Å²) in [5, 5.41) is 0.683. The molecule has 0 amide bonds. The predicted octanol–water partition coefficient (Wildman–Crippen LogP) is 4.48. The lowest BCUT2D eigenvalue weighted by Gasteiger charge is -2.28. The van der Waals surface area contributed by atoms with Crippen LogP contribution in [0, 0.1) is 5.92 Å². The summed E-state index contributed by atoms with van der Waals surface area (Å²) in [4.78, 5) is 9.70. The van der Waals surface area contributed by atoms with Gasteiger partial charge >= 0.3 is 0 Å².